The lowest BCUT2D eigenvalue weighted by Crippen LogP contribution is -2.38. The van der Waals surface area contributed by atoms with E-state index in [9.17, 15) is 0 Å². The Bertz CT molecular complexity index is 448. The zero-order valence-corrected chi connectivity index (χ0v) is 13.7. The second-order valence-electron chi connectivity index (χ2n) is 5.68. The van der Waals surface area contributed by atoms with Gasteiger partial charge in [0.25, 0.3) is 0 Å². The van der Waals surface area contributed by atoms with Gasteiger partial charge in [-0.3, -0.25) is 0 Å². The number of rotatable bonds is 9. The predicted molar refractivity (Wildman–Crippen MR) is 87.0 cm³/mol. The number of aromatic nitrogens is 2. The van der Waals surface area contributed by atoms with Crippen molar-refractivity contribution in [2.45, 2.75) is 46.1 Å². The molecule has 5 nitrogen and oxygen atoms in total. The van der Waals surface area contributed by atoms with Crippen LogP contribution in [0.3, 0.4) is 0 Å². The number of nitrogens with zero attached hydrogens (tertiary/aromatic N) is 3. The molecule has 2 rings (SSSR count). The van der Waals surface area contributed by atoms with Gasteiger partial charge in [0.1, 0.15) is 17.5 Å². The zero-order valence-electron chi connectivity index (χ0n) is 13.7. The standard InChI is InChI=1S/C16H28N4O/c1-5-14-18-15(17-6-2)11-16(19-14)20(9-10-21-4)12(3)13-7-8-13/h11-13H,5-10H2,1-4H3,(H,17,18,19). The molecule has 1 aliphatic rings. The molecule has 1 aliphatic carbocycles. The first-order valence-electron chi connectivity index (χ1n) is 8.07. The third kappa shape index (κ3) is 4.30. The van der Waals surface area contributed by atoms with Crippen molar-refractivity contribution in [2.75, 3.05) is 37.0 Å². The second kappa shape index (κ2) is 7.59. The molecule has 0 spiro atoms. The Labute approximate surface area is 128 Å². The summed E-state index contributed by atoms with van der Waals surface area (Å²) in [6.07, 6.45) is 3.51. The lowest BCUT2D eigenvalue weighted by atomic mass is 10.2. The van der Waals surface area contributed by atoms with Gasteiger partial charge in [0.15, 0.2) is 0 Å². The topological polar surface area (TPSA) is 50.3 Å². The maximum atomic E-state index is 5.28. The minimum Gasteiger partial charge on any atom is -0.383 e. The smallest absolute Gasteiger partial charge is 0.134 e. The molecule has 118 valence electrons. The second-order valence-corrected chi connectivity index (χ2v) is 5.68. The number of hydrogen-bond donors (Lipinski definition) is 1. The van der Waals surface area contributed by atoms with Gasteiger partial charge < -0.3 is 15.0 Å². The van der Waals surface area contributed by atoms with E-state index in [4.69, 9.17) is 9.72 Å². The fraction of sp³-hybridized carbons (Fsp3) is 0.750. The monoisotopic (exact) mass is 292 g/mol. The van der Waals surface area contributed by atoms with E-state index in [1.807, 2.05) is 0 Å². The summed E-state index contributed by atoms with van der Waals surface area (Å²) in [4.78, 5) is 11.7. The van der Waals surface area contributed by atoms with Gasteiger partial charge in [-0.25, -0.2) is 9.97 Å². The molecule has 1 aromatic rings. The van der Waals surface area contributed by atoms with Gasteiger partial charge in [-0.15, -0.1) is 0 Å². The molecule has 0 amide bonds. The van der Waals surface area contributed by atoms with Gasteiger partial charge in [0.05, 0.1) is 6.61 Å². The van der Waals surface area contributed by atoms with Crippen LogP contribution in [-0.2, 0) is 11.2 Å². The molecule has 1 unspecified atom stereocenters. The quantitative estimate of drug-likeness (QED) is 0.758. The number of nitrogens with one attached hydrogen (secondary N) is 1. The summed E-state index contributed by atoms with van der Waals surface area (Å²) in [5, 5.41) is 3.31. The summed E-state index contributed by atoms with van der Waals surface area (Å²) in [5.41, 5.74) is 0. The maximum absolute atomic E-state index is 5.28. The average Bonchev–Trinajstić information content (AvgIpc) is 3.32. The Balaban J connectivity index is 2.25. The van der Waals surface area contributed by atoms with Crippen molar-refractivity contribution in [2.24, 2.45) is 5.92 Å². The summed E-state index contributed by atoms with van der Waals surface area (Å²) in [6.45, 7) is 8.95. The lowest BCUT2D eigenvalue weighted by Gasteiger charge is -2.30. The Morgan fingerprint density at radius 2 is 2.14 bits per heavy atom. The zero-order chi connectivity index (χ0) is 15.2. The SMILES string of the molecule is CCNc1cc(N(CCOC)C(C)C2CC2)nc(CC)n1. The Kier molecular flexibility index (Phi) is 5.79. The molecule has 0 bridgehead atoms. The number of aryl methyl sites for hydroxylation is 1. The van der Waals surface area contributed by atoms with E-state index in [-0.39, 0.29) is 0 Å². The van der Waals surface area contributed by atoms with E-state index in [0.717, 1.165) is 49.5 Å². The van der Waals surface area contributed by atoms with Gasteiger partial charge in [-0.1, -0.05) is 6.92 Å². The van der Waals surface area contributed by atoms with Crippen molar-refractivity contribution < 1.29 is 4.74 Å². The van der Waals surface area contributed by atoms with Gasteiger partial charge in [-0.05, 0) is 32.6 Å². The molecule has 5 heteroatoms. The van der Waals surface area contributed by atoms with Crippen molar-refractivity contribution in [3.05, 3.63) is 11.9 Å². The van der Waals surface area contributed by atoms with E-state index in [1.165, 1.54) is 12.8 Å². The van der Waals surface area contributed by atoms with Crippen LogP contribution >= 0.6 is 0 Å². The largest absolute Gasteiger partial charge is 0.383 e. The molecule has 1 N–H and O–H groups in total. The highest BCUT2D eigenvalue weighted by atomic mass is 16.5. The number of methoxy groups -OCH3 is 1. The summed E-state index contributed by atoms with van der Waals surface area (Å²) < 4.78 is 5.28. The van der Waals surface area contributed by atoms with E-state index in [0.29, 0.717) is 6.04 Å². The molecule has 1 aromatic heterocycles. The van der Waals surface area contributed by atoms with Crippen LogP contribution in [0, 0.1) is 5.92 Å². The van der Waals surface area contributed by atoms with Crippen LogP contribution in [0.15, 0.2) is 6.07 Å². The van der Waals surface area contributed by atoms with E-state index < -0.39 is 0 Å². The molecule has 0 aromatic carbocycles. The Morgan fingerprint density at radius 1 is 1.38 bits per heavy atom. The molecule has 0 radical (unpaired) electrons. The highest BCUT2D eigenvalue weighted by Gasteiger charge is 2.32. The third-order valence-electron chi connectivity index (χ3n) is 4.06. The van der Waals surface area contributed by atoms with Crippen LogP contribution < -0.4 is 10.2 Å². The minimum atomic E-state index is 0.509. The Morgan fingerprint density at radius 3 is 2.71 bits per heavy atom. The van der Waals surface area contributed by atoms with Crippen LogP contribution in [0.4, 0.5) is 11.6 Å². The molecule has 1 saturated carbocycles. The van der Waals surface area contributed by atoms with E-state index >= 15 is 0 Å². The summed E-state index contributed by atoms with van der Waals surface area (Å²) >= 11 is 0. The van der Waals surface area contributed by atoms with Crippen molar-refractivity contribution >= 4 is 11.6 Å². The first-order chi connectivity index (χ1) is 10.2. The lowest BCUT2D eigenvalue weighted by molar-refractivity contribution is 0.202. The minimum absolute atomic E-state index is 0.509. The number of anilines is 2. The Hall–Kier alpha value is -1.36. The van der Waals surface area contributed by atoms with Crippen LogP contribution in [-0.4, -0.2) is 42.8 Å². The summed E-state index contributed by atoms with van der Waals surface area (Å²) in [6, 6.07) is 2.58. The molecule has 1 atom stereocenters. The van der Waals surface area contributed by atoms with Crippen molar-refractivity contribution in [1.82, 2.24) is 9.97 Å². The fourth-order valence-corrected chi connectivity index (χ4v) is 2.61. The van der Waals surface area contributed by atoms with Gasteiger partial charge in [0.2, 0.25) is 0 Å². The number of hydrogen-bond acceptors (Lipinski definition) is 5. The maximum Gasteiger partial charge on any atom is 0.134 e. The normalized spacial score (nSPS) is 15.8. The summed E-state index contributed by atoms with van der Waals surface area (Å²) in [5.74, 6) is 3.64. The van der Waals surface area contributed by atoms with E-state index in [1.54, 1.807) is 7.11 Å². The summed E-state index contributed by atoms with van der Waals surface area (Å²) in [7, 11) is 1.75. The van der Waals surface area contributed by atoms with Crippen LogP contribution in [0.25, 0.3) is 0 Å². The van der Waals surface area contributed by atoms with Crippen molar-refractivity contribution in [3.63, 3.8) is 0 Å². The van der Waals surface area contributed by atoms with Crippen molar-refractivity contribution in [3.8, 4) is 0 Å². The molecule has 0 saturated heterocycles. The predicted octanol–water partition coefficient (Wildman–Crippen LogP) is 2.72. The van der Waals surface area contributed by atoms with Gasteiger partial charge in [0, 0.05) is 38.7 Å². The average molecular weight is 292 g/mol. The van der Waals surface area contributed by atoms with Crippen LogP contribution in [0.2, 0.25) is 0 Å². The van der Waals surface area contributed by atoms with Crippen molar-refractivity contribution in [1.29, 1.82) is 0 Å². The van der Waals surface area contributed by atoms with Crippen LogP contribution in [0.5, 0.6) is 0 Å². The fourth-order valence-electron chi connectivity index (χ4n) is 2.61. The first kappa shape index (κ1) is 16.0. The highest BCUT2D eigenvalue weighted by Crippen LogP contribution is 2.36. The molecule has 21 heavy (non-hydrogen) atoms. The molecule has 0 aliphatic heterocycles. The first-order valence-corrected chi connectivity index (χ1v) is 8.07. The molecular weight excluding hydrogens is 264 g/mol. The highest BCUT2D eigenvalue weighted by molar-refractivity contribution is 5.50. The molecule has 1 fully saturated rings. The number of ether oxygens (including phenoxy) is 1. The molecule has 1 heterocycles. The van der Waals surface area contributed by atoms with Crippen LogP contribution in [0.1, 0.15) is 39.4 Å². The van der Waals surface area contributed by atoms with Gasteiger partial charge >= 0.3 is 0 Å². The third-order valence-corrected chi connectivity index (χ3v) is 4.06. The van der Waals surface area contributed by atoms with E-state index in [2.05, 4.69) is 42.0 Å². The molecular formula is C16H28N4O. The van der Waals surface area contributed by atoms with Gasteiger partial charge in [-0.2, -0.15) is 0 Å².